The third-order valence-electron chi connectivity index (χ3n) is 3.93. The van der Waals surface area contributed by atoms with Crippen molar-refractivity contribution < 1.29 is 9.84 Å². The van der Waals surface area contributed by atoms with Crippen LogP contribution in [0.25, 0.3) is 0 Å². The number of aryl methyl sites for hydroxylation is 1. The maximum absolute atomic E-state index is 9.14. The fourth-order valence-corrected chi connectivity index (χ4v) is 2.06. The summed E-state index contributed by atoms with van der Waals surface area (Å²) in [6.07, 6.45) is 2.71. The smallest absolute Gasteiger partial charge is 0.118 e. The topological polar surface area (TPSA) is 55.5 Å². The van der Waals surface area contributed by atoms with E-state index < -0.39 is 0 Å². The molecule has 0 bridgehead atoms. The molecule has 3 N–H and O–H groups in total. The Kier molecular flexibility index (Phi) is 5.63. The molecule has 0 spiro atoms. The summed E-state index contributed by atoms with van der Waals surface area (Å²) in [6, 6.07) is 8.21. The minimum atomic E-state index is -0.00528. The van der Waals surface area contributed by atoms with Gasteiger partial charge in [0.2, 0.25) is 0 Å². The van der Waals surface area contributed by atoms with Gasteiger partial charge < -0.3 is 15.6 Å². The Morgan fingerprint density at radius 3 is 2.33 bits per heavy atom. The molecule has 1 aromatic rings. The van der Waals surface area contributed by atoms with Gasteiger partial charge in [0, 0.05) is 12.6 Å². The highest BCUT2D eigenvalue weighted by atomic mass is 16.5. The molecule has 0 aromatic heterocycles. The van der Waals surface area contributed by atoms with E-state index in [2.05, 4.69) is 19.1 Å². The maximum atomic E-state index is 9.14. The number of nitrogens with two attached hydrogens (primary N) is 1. The molecule has 1 aromatic carbocycles. The van der Waals surface area contributed by atoms with E-state index in [9.17, 15) is 0 Å². The predicted molar refractivity (Wildman–Crippen MR) is 74.8 cm³/mol. The van der Waals surface area contributed by atoms with Crippen LogP contribution >= 0.6 is 0 Å². The third kappa shape index (κ3) is 4.00. The molecular weight excluding hydrogens is 226 g/mol. The zero-order chi connectivity index (χ0) is 13.6. The highest BCUT2D eigenvalue weighted by Crippen LogP contribution is 2.30. The normalized spacial score (nSPS) is 16.1. The van der Waals surface area contributed by atoms with Crippen molar-refractivity contribution in [3.63, 3.8) is 0 Å². The number of aliphatic hydroxyl groups excluding tert-OH is 1. The summed E-state index contributed by atoms with van der Waals surface area (Å²) in [6.45, 7) is 4.36. The molecule has 3 heteroatoms. The summed E-state index contributed by atoms with van der Waals surface area (Å²) in [5.74, 6) is 0.879. The number of ether oxygens (including phenoxy) is 1. The van der Waals surface area contributed by atoms with Crippen LogP contribution < -0.4 is 10.5 Å². The Balaban J connectivity index is 2.61. The van der Waals surface area contributed by atoms with E-state index in [0.29, 0.717) is 0 Å². The second kappa shape index (κ2) is 6.76. The summed E-state index contributed by atoms with van der Waals surface area (Å²) in [4.78, 5) is 0. The van der Waals surface area contributed by atoms with Gasteiger partial charge >= 0.3 is 0 Å². The lowest BCUT2D eigenvalue weighted by Gasteiger charge is -2.33. The minimum Gasteiger partial charge on any atom is -0.497 e. The van der Waals surface area contributed by atoms with Gasteiger partial charge in [-0.1, -0.05) is 19.1 Å². The average Bonchev–Trinajstić information content (AvgIpc) is 2.37. The Morgan fingerprint density at radius 2 is 1.89 bits per heavy atom. The molecule has 0 saturated carbocycles. The van der Waals surface area contributed by atoms with Gasteiger partial charge in [0.1, 0.15) is 5.75 Å². The van der Waals surface area contributed by atoms with Crippen molar-refractivity contribution in [3.05, 3.63) is 29.8 Å². The number of benzene rings is 1. The zero-order valence-electron chi connectivity index (χ0n) is 11.6. The fourth-order valence-electron chi connectivity index (χ4n) is 2.06. The van der Waals surface area contributed by atoms with Gasteiger partial charge in [-0.25, -0.2) is 0 Å². The molecule has 18 heavy (non-hydrogen) atoms. The van der Waals surface area contributed by atoms with Gasteiger partial charge in [0.05, 0.1) is 7.11 Å². The molecule has 2 unspecified atom stereocenters. The van der Waals surface area contributed by atoms with Crippen LogP contribution in [0.1, 0.15) is 32.3 Å². The average molecular weight is 251 g/mol. The Morgan fingerprint density at radius 1 is 1.28 bits per heavy atom. The molecule has 0 aliphatic rings. The first kappa shape index (κ1) is 15.0. The van der Waals surface area contributed by atoms with E-state index in [1.54, 1.807) is 7.11 Å². The van der Waals surface area contributed by atoms with Crippen molar-refractivity contribution in [3.8, 4) is 5.75 Å². The van der Waals surface area contributed by atoms with Crippen LogP contribution in [0, 0.1) is 5.41 Å². The molecule has 0 heterocycles. The van der Waals surface area contributed by atoms with Crippen molar-refractivity contribution in [2.24, 2.45) is 11.1 Å². The molecule has 0 aliphatic carbocycles. The van der Waals surface area contributed by atoms with E-state index in [1.807, 2.05) is 19.1 Å². The van der Waals surface area contributed by atoms with Gasteiger partial charge in [-0.2, -0.15) is 0 Å². The Hall–Kier alpha value is -1.06. The summed E-state index contributed by atoms with van der Waals surface area (Å²) >= 11 is 0. The maximum Gasteiger partial charge on any atom is 0.118 e. The molecular formula is C15H25NO2. The van der Waals surface area contributed by atoms with Gasteiger partial charge in [-0.15, -0.1) is 0 Å². The van der Waals surface area contributed by atoms with E-state index in [4.69, 9.17) is 15.6 Å². The van der Waals surface area contributed by atoms with E-state index >= 15 is 0 Å². The van der Waals surface area contributed by atoms with Gasteiger partial charge in [0.25, 0.3) is 0 Å². The van der Waals surface area contributed by atoms with Crippen molar-refractivity contribution in [1.29, 1.82) is 0 Å². The molecule has 1 rings (SSSR count). The first-order valence-electron chi connectivity index (χ1n) is 6.51. The van der Waals surface area contributed by atoms with Crippen molar-refractivity contribution in [1.82, 2.24) is 0 Å². The van der Waals surface area contributed by atoms with Gasteiger partial charge in [0.15, 0.2) is 0 Å². The molecule has 0 radical (unpaired) electrons. The molecule has 2 atom stereocenters. The number of aliphatic hydroxyl groups is 1. The van der Waals surface area contributed by atoms with Crippen LogP contribution in [0.2, 0.25) is 0 Å². The van der Waals surface area contributed by atoms with Crippen molar-refractivity contribution >= 4 is 0 Å². The summed E-state index contributed by atoms with van der Waals surface area (Å²) < 4.78 is 5.14. The van der Waals surface area contributed by atoms with Crippen LogP contribution in [0.15, 0.2) is 24.3 Å². The lowest BCUT2D eigenvalue weighted by molar-refractivity contribution is 0.161. The molecule has 0 aliphatic heterocycles. The fraction of sp³-hybridized carbons (Fsp3) is 0.600. The quantitative estimate of drug-likeness (QED) is 0.782. The lowest BCUT2D eigenvalue weighted by Crippen LogP contribution is -2.38. The number of hydrogen-bond donors (Lipinski definition) is 2. The van der Waals surface area contributed by atoms with Gasteiger partial charge in [-0.05, 0) is 49.3 Å². The first-order valence-corrected chi connectivity index (χ1v) is 6.51. The van der Waals surface area contributed by atoms with Crippen LogP contribution in [-0.2, 0) is 6.42 Å². The SMILES string of the molecule is COc1ccc(CCC(C)(CCO)C(C)N)cc1. The van der Waals surface area contributed by atoms with E-state index in [0.717, 1.165) is 25.0 Å². The molecule has 0 fully saturated rings. The Bertz CT molecular complexity index is 348. The summed E-state index contributed by atoms with van der Waals surface area (Å²) in [5, 5.41) is 9.14. The third-order valence-corrected chi connectivity index (χ3v) is 3.93. The highest BCUT2D eigenvalue weighted by molar-refractivity contribution is 5.27. The van der Waals surface area contributed by atoms with Crippen LogP contribution in [0.4, 0.5) is 0 Å². The monoisotopic (exact) mass is 251 g/mol. The zero-order valence-corrected chi connectivity index (χ0v) is 11.6. The van der Waals surface area contributed by atoms with E-state index in [1.165, 1.54) is 5.56 Å². The summed E-state index contributed by atoms with van der Waals surface area (Å²) in [5.41, 5.74) is 7.31. The van der Waals surface area contributed by atoms with Crippen LogP contribution in [0.5, 0.6) is 5.75 Å². The van der Waals surface area contributed by atoms with Crippen molar-refractivity contribution in [2.45, 2.75) is 39.2 Å². The van der Waals surface area contributed by atoms with Crippen LogP contribution in [-0.4, -0.2) is 24.9 Å². The number of rotatable bonds is 7. The number of methoxy groups -OCH3 is 1. The lowest BCUT2D eigenvalue weighted by atomic mass is 9.76. The molecule has 0 saturated heterocycles. The summed E-state index contributed by atoms with van der Waals surface area (Å²) in [7, 11) is 1.67. The van der Waals surface area contributed by atoms with E-state index in [-0.39, 0.29) is 18.1 Å². The molecule has 102 valence electrons. The second-order valence-electron chi connectivity index (χ2n) is 5.26. The molecule has 0 amide bonds. The number of hydrogen-bond acceptors (Lipinski definition) is 3. The van der Waals surface area contributed by atoms with Crippen LogP contribution in [0.3, 0.4) is 0 Å². The predicted octanol–water partition coefficient (Wildman–Crippen LogP) is 2.36. The van der Waals surface area contributed by atoms with Crippen molar-refractivity contribution in [2.75, 3.05) is 13.7 Å². The first-order chi connectivity index (χ1) is 8.51. The molecule has 3 nitrogen and oxygen atoms in total. The Labute approximate surface area is 110 Å². The largest absolute Gasteiger partial charge is 0.497 e. The standard InChI is InChI=1S/C15H25NO2/c1-12(16)15(2,10-11-17)9-8-13-4-6-14(18-3)7-5-13/h4-7,12,17H,8-11,16H2,1-3H3. The highest BCUT2D eigenvalue weighted by Gasteiger charge is 2.27. The minimum absolute atomic E-state index is 0.00528. The second-order valence-corrected chi connectivity index (χ2v) is 5.26. The van der Waals surface area contributed by atoms with Gasteiger partial charge in [-0.3, -0.25) is 0 Å².